The summed E-state index contributed by atoms with van der Waals surface area (Å²) in [7, 11) is 0. The van der Waals surface area contributed by atoms with Crippen LogP contribution in [0.1, 0.15) is 43.5 Å². The van der Waals surface area contributed by atoms with Gasteiger partial charge in [-0.25, -0.2) is 4.79 Å². The number of aromatic nitrogens is 1. The van der Waals surface area contributed by atoms with Crippen LogP contribution < -0.4 is 0 Å². The highest BCUT2D eigenvalue weighted by Gasteiger charge is 2.40. The molecule has 0 bridgehead atoms. The molecule has 7 nitrogen and oxygen atoms in total. The van der Waals surface area contributed by atoms with Gasteiger partial charge in [-0.15, -0.1) is 0 Å². The van der Waals surface area contributed by atoms with E-state index in [0.29, 0.717) is 44.0 Å². The minimum absolute atomic E-state index is 0.0565. The summed E-state index contributed by atoms with van der Waals surface area (Å²) in [4.78, 5) is 44.3. The van der Waals surface area contributed by atoms with Crippen LogP contribution >= 0.6 is 0 Å². The number of ether oxygens (including phenoxy) is 1. The Balaban J connectivity index is 1.41. The number of Topliss-reactive ketones (excluding diaryl/α,β-unsaturated/α-hetero) is 1. The van der Waals surface area contributed by atoms with Crippen LogP contribution in [-0.2, 0) is 9.53 Å². The van der Waals surface area contributed by atoms with Crippen LogP contribution in [-0.4, -0.2) is 64.3 Å². The third kappa shape index (κ3) is 3.73. The number of hydrogen-bond donors (Lipinski definition) is 1. The molecule has 29 heavy (non-hydrogen) atoms. The zero-order chi connectivity index (χ0) is 20.5. The van der Waals surface area contributed by atoms with Gasteiger partial charge in [-0.05, 0) is 31.2 Å². The van der Waals surface area contributed by atoms with Crippen LogP contribution in [0.3, 0.4) is 0 Å². The Morgan fingerprint density at radius 3 is 2.66 bits per heavy atom. The van der Waals surface area contributed by atoms with E-state index >= 15 is 0 Å². The van der Waals surface area contributed by atoms with Crippen LogP contribution in [0.15, 0.2) is 30.5 Å². The van der Waals surface area contributed by atoms with Crippen molar-refractivity contribution < 1.29 is 19.1 Å². The average Bonchev–Trinajstić information content (AvgIpc) is 3.30. The number of para-hydroxylation sites is 1. The van der Waals surface area contributed by atoms with Crippen molar-refractivity contribution in [3.8, 4) is 0 Å². The maximum absolute atomic E-state index is 12.8. The molecule has 7 heteroatoms. The van der Waals surface area contributed by atoms with E-state index < -0.39 is 11.7 Å². The number of likely N-dealkylation sites (tertiary alicyclic amines) is 1. The van der Waals surface area contributed by atoms with E-state index in [1.807, 2.05) is 29.2 Å². The number of aromatic amines is 1. The number of fused-ring (bicyclic) bond motifs is 1. The minimum atomic E-state index is -0.487. The number of benzene rings is 1. The standard InChI is InChI=1S/C22H27N3O4/c1-14(2)11-16-13-29-22(28)25(16)15-7-9-24(10-8-15)21(27)20(26)18-12-23-19-6-4-3-5-17(18)19/h3-6,12,14-16,23H,7-11,13H2,1-2H3. The number of ketones is 1. The fourth-order valence-corrected chi connectivity index (χ4v) is 4.51. The highest BCUT2D eigenvalue weighted by molar-refractivity contribution is 6.44. The molecule has 2 saturated heterocycles. The molecule has 2 aliphatic heterocycles. The maximum Gasteiger partial charge on any atom is 0.410 e. The molecule has 0 radical (unpaired) electrons. The third-order valence-corrected chi connectivity index (χ3v) is 5.92. The minimum Gasteiger partial charge on any atom is -0.447 e. The number of cyclic esters (lactones) is 1. The van der Waals surface area contributed by atoms with Crippen LogP contribution in [0.4, 0.5) is 4.79 Å². The van der Waals surface area contributed by atoms with Crippen molar-refractivity contribution in [2.75, 3.05) is 19.7 Å². The van der Waals surface area contributed by atoms with Gasteiger partial charge in [0.25, 0.3) is 11.7 Å². The Bertz CT molecular complexity index is 927. The molecule has 1 atom stereocenters. The molecule has 2 fully saturated rings. The predicted molar refractivity (Wildman–Crippen MR) is 109 cm³/mol. The van der Waals surface area contributed by atoms with Gasteiger partial charge >= 0.3 is 6.09 Å². The number of amides is 2. The van der Waals surface area contributed by atoms with Gasteiger partial charge in [0.2, 0.25) is 0 Å². The monoisotopic (exact) mass is 397 g/mol. The average molecular weight is 397 g/mol. The number of nitrogens with one attached hydrogen (secondary N) is 1. The molecule has 1 aromatic carbocycles. The van der Waals surface area contributed by atoms with E-state index in [1.165, 1.54) is 0 Å². The van der Waals surface area contributed by atoms with Crippen molar-refractivity contribution in [1.82, 2.24) is 14.8 Å². The third-order valence-electron chi connectivity index (χ3n) is 5.92. The molecular weight excluding hydrogens is 370 g/mol. The lowest BCUT2D eigenvalue weighted by atomic mass is 9.97. The van der Waals surface area contributed by atoms with Crippen molar-refractivity contribution in [3.63, 3.8) is 0 Å². The first-order chi connectivity index (χ1) is 14.0. The van der Waals surface area contributed by atoms with Gasteiger partial charge in [-0.1, -0.05) is 32.0 Å². The normalized spacial score (nSPS) is 20.5. The van der Waals surface area contributed by atoms with E-state index in [2.05, 4.69) is 18.8 Å². The molecule has 2 amide bonds. The SMILES string of the molecule is CC(C)CC1COC(=O)N1C1CCN(C(=O)C(=O)c2c[nH]c3ccccc23)CC1. The largest absolute Gasteiger partial charge is 0.447 e. The Morgan fingerprint density at radius 1 is 1.21 bits per heavy atom. The van der Waals surface area contributed by atoms with E-state index in [4.69, 9.17) is 4.74 Å². The Morgan fingerprint density at radius 2 is 1.93 bits per heavy atom. The van der Waals surface area contributed by atoms with Gasteiger partial charge in [0.1, 0.15) is 6.61 Å². The number of carbonyl (C=O) groups excluding carboxylic acids is 3. The van der Waals surface area contributed by atoms with Crippen LogP contribution in [0.5, 0.6) is 0 Å². The second kappa shape index (κ2) is 7.89. The summed E-state index contributed by atoms with van der Waals surface area (Å²) in [5.74, 6) is -0.484. The van der Waals surface area contributed by atoms with Gasteiger partial charge < -0.3 is 14.6 Å². The second-order valence-electron chi connectivity index (χ2n) is 8.37. The summed E-state index contributed by atoms with van der Waals surface area (Å²) in [5.41, 5.74) is 1.25. The zero-order valence-corrected chi connectivity index (χ0v) is 16.9. The second-order valence-corrected chi connectivity index (χ2v) is 8.37. The van der Waals surface area contributed by atoms with Gasteiger partial charge in [-0.3, -0.25) is 14.5 Å². The van der Waals surface area contributed by atoms with Crippen LogP contribution in [0, 0.1) is 5.92 Å². The predicted octanol–water partition coefficient (Wildman–Crippen LogP) is 3.21. The summed E-state index contributed by atoms with van der Waals surface area (Å²) in [5, 5.41) is 0.761. The number of nitrogens with zero attached hydrogens (tertiary/aromatic N) is 2. The summed E-state index contributed by atoms with van der Waals surface area (Å²) < 4.78 is 5.28. The summed E-state index contributed by atoms with van der Waals surface area (Å²) in [6, 6.07) is 7.61. The smallest absolute Gasteiger partial charge is 0.410 e. The highest BCUT2D eigenvalue weighted by Crippen LogP contribution is 2.28. The number of rotatable bonds is 5. The van der Waals surface area contributed by atoms with Crippen molar-refractivity contribution in [2.45, 2.75) is 45.2 Å². The fraction of sp³-hybridized carbons (Fsp3) is 0.500. The quantitative estimate of drug-likeness (QED) is 0.620. The molecule has 3 heterocycles. The zero-order valence-electron chi connectivity index (χ0n) is 16.9. The lowest BCUT2D eigenvalue weighted by molar-refractivity contribution is -0.127. The topological polar surface area (TPSA) is 82.7 Å². The van der Waals surface area contributed by atoms with Crippen molar-refractivity contribution >= 4 is 28.7 Å². The first-order valence-corrected chi connectivity index (χ1v) is 10.3. The molecule has 1 unspecified atom stereocenters. The molecular formula is C22H27N3O4. The number of hydrogen-bond acceptors (Lipinski definition) is 4. The molecule has 0 spiro atoms. The summed E-state index contributed by atoms with van der Waals surface area (Å²) in [6.45, 7) is 5.65. The maximum atomic E-state index is 12.8. The lowest BCUT2D eigenvalue weighted by Crippen LogP contribution is -2.51. The molecule has 4 rings (SSSR count). The van der Waals surface area contributed by atoms with Gasteiger partial charge in [-0.2, -0.15) is 0 Å². The first kappa shape index (κ1) is 19.5. The van der Waals surface area contributed by atoms with Gasteiger partial charge in [0, 0.05) is 36.2 Å². The van der Waals surface area contributed by atoms with E-state index in [1.54, 1.807) is 11.1 Å². The van der Waals surface area contributed by atoms with E-state index in [0.717, 1.165) is 17.3 Å². The molecule has 2 aliphatic rings. The van der Waals surface area contributed by atoms with Crippen molar-refractivity contribution in [1.29, 1.82) is 0 Å². The number of H-pyrrole nitrogens is 1. The van der Waals surface area contributed by atoms with E-state index in [-0.39, 0.29) is 18.2 Å². The molecule has 1 aromatic heterocycles. The van der Waals surface area contributed by atoms with Crippen molar-refractivity contribution in [3.05, 3.63) is 36.0 Å². The molecule has 0 aliphatic carbocycles. The van der Waals surface area contributed by atoms with Crippen LogP contribution in [0.2, 0.25) is 0 Å². The summed E-state index contributed by atoms with van der Waals surface area (Å²) in [6.07, 6.45) is 3.58. The van der Waals surface area contributed by atoms with Gasteiger partial charge in [0.15, 0.2) is 0 Å². The van der Waals surface area contributed by atoms with Gasteiger partial charge in [0.05, 0.1) is 11.6 Å². The fourth-order valence-electron chi connectivity index (χ4n) is 4.51. The Hall–Kier alpha value is -2.83. The first-order valence-electron chi connectivity index (χ1n) is 10.3. The van der Waals surface area contributed by atoms with Crippen molar-refractivity contribution in [2.24, 2.45) is 5.92 Å². The molecule has 0 saturated carbocycles. The summed E-state index contributed by atoms with van der Waals surface area (Å²) >= 11 is 0. The molecule has 2 aromatic rings. The Labute approximate surface area is 170 Å². The lowest BCUT2D eigenvalue weighted by Gasteiger charge is -2.38. The Kier molecular flexibility index (Phi) is 5.30. The number of carbonyl (C=O) groups is 3. The highest BCUT2D eigenvalue weighted by atomic mass is 16.6. The molecule has 1 N–H and O–H groups in total. The number of piperidine rings is 1. The van der Waals surface area contributed by atoms with Crippen LogP contribution in [0.25, 0.3) is 10.9 Å². The van der Waals surface area contributed by atoms with E-state index in [9.17, 15) is 14.4 Å². The molecule has 154 valence electrons.